The average Bonchev–Trinajstić information content (AvgIpc) is 2.83. The van der Waals surface area contributed by atoms with Crippen molar-refractivity contribution < 1.29 is 10.2 Å². The summed E-state index contributed by atoms with van der Waals surface area (Å²) in [5.41, 5.74) is 7.34. The number of thiophene rings is 1. The molecule has 1 rings (SSSR count). The van der Waals surface area contributed by atoms with Crippen molar-refractivity contribution in [3.63, 3.8) is 0 Å². The first kappa shape index (κ1) is 14.6. The predicted octanol–water partition coefficient (Wildman–Crippen LogP) is 0.813. The quantitative estimate of drug-likeness (QED) is 0.645. The molecule has 0 radical (unpaired) electrons. The smallest absolute Gasteiger partial charge is 0.0558 e. The molecular formula is C12H22N2O2S. The van der Waals surface area contributed by atoms with E-state index in [4.69, 9.17) is 15.9 Å². The van der Waals surface area contributed by atoms with Crippen LogP contribution >= 0.6 is 11.3 Å². The van der Waals surface area contributed by atoms with Gasteiger partial charge in [0, 0.05) is 19.1 Å². The van der Waals surface area contributed by atoms with Crippen molar-refractivity contribution in [2.24, 2.45) is 5.73 Å². The van der Waals surface area contributed by atoms with E-state index >= 15 is 0 Å². The van der Waals surface area contributed by atoms with Crippen LogP contribution in [0.4, 0.5) is 0 Å². The van der Waals surface area contributed by atoms with Crippen LogP contribution in [0, 0.1) is 0 Å². The molecule has 4 nitrogen and oxygen atoms in total. The van der Waals surface area contributed by atoms with E-state index < -0.39 is 0 Å². The lowest BCUT2D eigenvalue weighted by atomic mass is 9.99. The minimum Gasteiger partial charge on any atom is -0.395 e. The van der Waals surface area contributed by atoms with E-state index in [1.807, 2.05) is 5.38 Å². The third-order valence-electron chi connectivity index (χ3n) is 2.93. The van der Waals surface area contributed by atoms with Gasteiger partial charge in [-0.15, -0.1) is 0 Å². The molecule has 1 heterocycles. The van der Waals surface area contributed by atoms with Crippen molar-refractivity contribution >= 4 is 11.3 Å². The fourth-order valence-electron chi connectivity index (χ4n) is 2.04. The highest BCUT2D eigenvalue weighted by Crippen LogP contribution is 2.26. The maximum atomic E-state index is 9.10. The van der Waals surface area contributed by atoms with E-state index in [1.165, 1.54) is 5.56 Å². The fourth-order valence-corrected chi connectivity index (χ4v) is 2.73. The number of nitrogens with zero attached hydrogens (tertiary/aromatic N) is 1. The molecule has 0 aromatic carbocycles. The normalized spacial score (nSPS) is 15.1. The Morgan fingerprint density at radius 3 is 2.41 bits per heavy atom. The second-order valence-corrected chi connectivity index (χ2v) is 4.84. The standard InChI is InChI=1S/C12H22N2O2S/c1-2-11(13)12(10-3-8-17-9-10)14(4-6-15)5-7-16/h3,8-9,11-12,15-16H,2,4-7,13H2,1H3. The van der Waals surface area contributed by atoms with E-state index in [2.05, 4.69) is 23.3 Å². The molecule has 17 heavy (non-hydrogen) atoms. The number of aliphatic hydroxyl groups is 2. The van der Waals surface area contributed by atoms with E-state index in [0.717, 1.165) is 6.42 Å². The zero-order valence-electron chi connectivity index (χ0n) is 10.2. The Labute approximate surface area is 107 Å². The van der Waals surface area contributed by atoms with Crippen molar-refractivity contribution in [1.29, 1.82) is 0 Å². The second kappa shape index (κ2) is 7.79. The number of rotatable bonds is 8. The summed E-state index contributed by atoms with van der Waals surface area (Å²) in [6.45, 7) is 3.29. The second-order valence-electron chi connectivity index (χ2n) is 4.06. The minimum atomic E-state index is 0.0164. The molecule has 2 unspecified atom stereocenters. The van der Waals surface area contributed by atoms with Gasteiger partial charge in [-0.3, -0.25) is 4.90 Å². The fraction of sp³-hybridized carbons (Fsp3) is 0.667. The summed E-state index contributed by atoms with van der Waals surface area (Å²) in [6.07, 6.45) is 0.869. The van der Waals surface area contributed by atoms with E-state index in [1.54, 1.807) is 11.3 Å². The van der Waals surface area contributed by atoms with Crippen LogP contribution in [-0.4, -0.2) is 47.5 Å². The number of aliphatic hydroxyl groups excluding tert-OH is 2. The molecule has 0 aliphatic heterocycles. The van der Waals surface area contributed by atoms with Crippen LogP contribution < -0.4 is 5.73 Å². The largest absolute Gasteiger partial charge is 0.395 e. The summed E-state index contributed by atoms with van der Waals surface area (Å²) in [5.74, 6) is 0. The minimum absolute atomic E-state index is 0.0164. The first-order valence-corrected chi connectivity index (χ1v) is 6.92. The lowest BCUT2D eigenvalue weighted by Gasteiger charge is -2.34. The van der Waals surface area contributed by atoms with Gasteiger partial charge in [-0.05, 0) is 28.8 Å². The summed E-state index contributed by atoms with van der Waals surface area (Å²) in [4.78, 5) is 2.05. The molecular weight excluding hydrogens is 236 g/mol. The number of hydrogen-bond acceptors (Lipinski definition) is 5. The molecule has 1 aromatic heterocycles. The maximum absolute atomic E-state index is 9.10. The highest BCUT2D eigenvalue weighted by molar-refractivity contribution is 7.07. The highest BCUT2D eigenvalue weighted by atomic mass is 32.1. The number of nitrogens with two attached hydrogens (primary N) is 1. The van der Waals surface area contributed by atoms with Gasteiger partial charge in [0.15, 0.2) is 0 Å². The van der Waals surface area contributed by atoms with E-state index in [9.17, 15) is 0 Å². The van der Waals surface area contributed by atoms with Crippen LogP contribution in [0.15, 0.2) is 16.8 Å². The lowest BCUT2D eigenvalue weighted by Crippen LogP contribution is -2.43. The van der Waals surface area contributed by atoms with Crippen molar-refractivity contribution in [2.75, 3.05) is 26.3 Å². The molecule has 0 saturated heterocycles. The van der Waals surface area contributed by atoms with Gasteiger partial charge >= 0.3 is 0 Å². The molecule has 4 N–H and O–H groups in total. The molecule has 0 amide bonds. The van der Waals surface area contributed by atoms with Crippen molar-refractivity contribution in [3.05, 3.63) is 22.4 Å². The molecule has 0 fully saturated rings. The first-order valence-electron chi connectivity index (χ1n) is 5.98. The monoisotopic (exact) mass is 258 g/mol. The van der Waals surface area contributed by atoms with Crippen LogP contribution in [-0.2, 0) is 0 Å². The molecule has 2 atom stereocenters. The van der Waals surface area contributed by atoms with Crippen LogP contribution in [0.1, 0.15) is 24.9 Å². The summed E-state index contributed by atoms with van der Waals surface area (Å²) in [7, 11) is 0. The van der Waals surface area contributed by atoms with Gasteiger partial charge in [0.25, 0.3) is 0 Å². The van der Waals surface area contributed by atoms with Gasteiger partial charge in [-0.25, -0.2) is 0 Å². The Morgan fingerprint density at radius 2 is 2.00 bits per heavy atom. The predicted molar refractivity (Wildman–Crippen MR) is 71.1 cm³/mol. The zero-order valence-corrected chi connectivity index (χ0v) is 11.1. The SMILES string of the molecule is CCC(N)C(c1ccsc1)N(CCO)CCO. The van der Waals surface area contributed by atoms with E-state index in [-0.39, 0.29) is 25.3 Å². The molecule has 1 aromatic rings. The summed E-state index contributed by atoms with van der Waals surface area (Å²) in [6, 6.07) is 2.15. The van der Waals surface area contributed by atoms with E-state index in [0.29, 0.717) is 13.1 Å². The molecule has 0 saturated carbocycles. The number of hydrogen-bond donors (Lipinski definition) is 3. The van der Waals surface area contributed by atoms with Crippen LogP contribution in [0.2, 0.25) is 0 Å². The van der Waals surface area contributed by atoms with Gasteiger partial charge in [0.2, 0.25) is 0 Å². The van der Waals surface area contributed by atoms with Gasteiger partial charge in [-0.1, -0.05) is 6.92 Å². The van der Waals surface area contributed by atoms with Crippen molar-refractivity contribution in [1.82, 2.24) is 4.90 Å². The van der Waals surface area contributed by atoms with Crippen LogP contribution in [0.25, 0.3) is 0 Å². The van der Waals surface area contributed by atoms with Crippen molar-refractivity contribution in [3.8, 4) is 0 Å². The Balaban J connectivity index is 2.86. The summed E-state index contributed by atoms with van der Waals surface area (Å²) >= 11 is 1.64. The van der Waals surface area contributed by atoms with Crippen LogP contribution in [0.5, 0.6) is 0 Å². The Hall–Kier alpha value is -0.460. The lowest BCUT2D eigenvalue weighted by molar-refractivity contribution is 0.107. The molecule has 0 aliphatic rings. The van der Waals surface area contributed by atoms with Gasteiger partial charge in [0.1, 0.15) is 0 Å². The van der Waals surface area contributed by atoms with Crippen LogP contribution in [0.3, 0.4) is 0 Å². The Kier molecular flexibility index (Phi) is 6.69. The Bertz CT molecular complexity index is 287. The molecule has 0 spiro atoms. The van der Waals surface area contributed by atoms with Gasteiger partial charge in [-0.2, -0.15) is 11.3 Å². The third kappa shape index (κ3) is 4.04. The third-order valence-corrected chi connectivity index (χ3v) is 3.63. The maximum Gasteiger partial charge on any atom is 0.0558 e. The topological polar surface area (TPSA) is 69.7 Å². The summed E-state index contributed by atoms with van der Waals surface area (Å²) < 4.78 is 0. The molecule has 5 heteroatoms. The van der Waals surface area contributed by atoms with Gasteiger partial charge < -0.3 is 15.9 Å². The molecule has 0 bridgehead atoms. The first-order chi connectivity index (χ1) is 8.24. The Morgan fingerprint density at radius 1 is 1.35 bits per heavy atom. The summed E-state index contributed by atoms with van der Waals surface area (Å²) in [5, 5.41) is 22.3. The van der Waals surface area contributed by atoms with Gasteiger partial charge in [0.05, 0.1) is 19.3 Å². The molecule has 98 valence electrons. The molecule has 0 aliphatic carbocycles. The average molecular weight is 258 g/mol. The zero-order chi connectivity index (χ0) is 12.7. The highest BCUT2D eigenvalue weighted by Gasteiger charge is 2.25. The van der Waals surface area contributed by atoms with Crippen molar-refractivity contribution in [2.45, 2.75) is 25.4 Å².